The van der Waals surface area contributed by atoms with Crippen molar-refractivity contribution in [2.45, 2.75) is 26.2 Å². The van der Waals surface area contributed by atoms with Gasteiger partial charge in [-0.1, -0.05) is 0 Å². The molecule has 1 aliphatic rings. The van der Waals surface area contributed by atoms with E-state index in [1.807, 2.05) is 0 Å². The van der Waals surface area contributed by atoms with Gasteiger partial charge in [0.2, 0.25) is 5.91 Å². The highest BCUT2D eigenvalue weighted by Crippen LogP contribution is 2.21. The largest absolute Gasteiger partial charge is 0.370 e. The topological polar surface area (TPSA) is 75.4 Å². The molecular formula is C15H20FN3O2. The molecule has 2 rings (SSSR count). The number of aryl methyl sites for hydroxylation is 1. The minimum Gasteiger partial charge on any atom is -0.370 e. The van der Waals surface area contributed by atoms with Gasteiger partial charge in [-0.2, -0.15) is 0 Å². The maximum absolute atomic E-state index is 13.2. The van der Waals surface area contributed by atoms with E-state index >= 15 is 0 Å². The van der Waals surface area contributed by atoms with Crippen LogP contribution in [0.5, 0.6) is 0 Å². The number of nitrogens with one attached hydrogen (secondary N) is 1. The smallest absolute Gasteiger partial charge is 0.321 e. The number of carbonyl (C=O) groups is 2. The number of benzene rings is 1. The van der Waals surface area contributed by atoms with E-state index in [0.717, 1.165) is 12.8 Å². The Bertz CT molecular complexity index is 548. The Kier molecular flexibility index (Phi) is 4.77. The van der Waals surface area contributed by atoms with Gasteiger partial charge in [0.1, 0.15) is 5.82 Å². The van der Waals surface area contributed by atoms with Crippen molar-refractivity contribution in [3.8, 4) is 0 Å². The van der Waals surface area contributed by atoms with Gasteiger partial charge in [-0.05, 0) is 49.4 Å². The number of hydrogen-bond donors (Lipinski definition) is 2. The average molecular weight is 293 g/mol. The Labute approximate surface area is 123 Å². The van der Waals surface area contributed by atoms with Crippen LogP contribution in [0.2, 0.25) is 0 Å². The third kappa shape index (κ3) is 4.18. The van der Waals surface area contributed by atoms with Crippen LogP contribution in [0.4, 0.5) is 14.9 Å². The fourth-order valence-electron chi connectivity index (χ4n) is 2.63. The zero-order chi connectivity index (χ0) is 15.4. The third-order valence-electron chi connectivity index (χ3n) is 3.71. The normalized spacial score (nSPS) is 18.4. The van der Waals surface area contributed by atoms with Crippen LogP contribution in [-0.4, -0.2) is 29.9 Å². The molecular weight excluding hydrogens is 273 g/mol. The number of rotatable bonds is 3. The van der Waals surface area contributed by atoms with E-state index in [1.165, 1.54) is 12.1 Å². The molecule has 1 atom stereocenters. The van der Waals surface area contributed by atoms with Crippen LogP contribution in [0, 0.1) is 18.7 Å². The van der Waals surface area contributed by atoms with Gasteiger partial charge in [0, 0.05) is 25.2 Å². The first-order chi connectivity index (χ1) is 9.95. The summed E-state index contributed by atoms with van der Waals surface area (Å²) in [6.45, 7) is 2.82. The highest BCUT2D eigenvalue weighted by molar-refractivity contribution is 5.89. The maximum Gasteiger partial charge on any atom is 0.321 e. The summed E-state index contributed by atoms with van der Waals surface area (Å²) in [5.41, 5.74) is 6.26. The molecule has 5 nitrogen and oxygen atoms in total. The predicted molar refractivity (Wildman–Crippen MR) is 78.3 cm³/mol. The van der Waals surface area contributed by atoms with Crippen molar-refractivity contribution in [3.05, 3.63) is 29.6 Å². The van der Waals surface area contributed by atoms with Gasteiger partial charge >= 0.3 is 6.03 Å². The van der Waals surface area contributed by atoms with Gasteiger partial charge in [-0.15, -0.1) is 0 Å². The van der Waals surface area contributed by atoms with Gasteiger partial charge in [0.05, 0.1) is 0 Å². The van der Waals surface area contributed by atoms with E-state index < -0.39 is 0 Å². The molecule has 1 aromatic carbocycles. The first-order valence-electron chi connectivity index (χ1n) is 7.06. The van der Waals surface area contributed by atoms with Crippen LogP contribution in [0.3, 0.4) is 0 Å². The minimum absolute atomic E-state index is 0.122. The summed E-state index contributed by atoms with van der Waals surface area (Å²) in [5.74, 6) is -0.513. The van der Waals surface area contributed by atoms with Gasteiger partial charge in [0.15, 0.2) is 0 Å². The molecule has 1 saturated heterocycles. The second-order valence-electron chi connectivity index (χ2n) is 5.52. The number of halogens is 1. The van der Waals surface area contributed by atoms with Crippen LogP contribution >= 0.6 is 0 Å². The molecule has 0 saturated carbocycles. The van der Waals surface area contributed by atoms with E-state index in [1.54, 1.807) is 17.9 Å². The molecule has 114 valence electrons. The molecule has 0 radical (unpaired) electrons. The Morgan fingerprint density at radius 3 is 2.90 bits per heavy atom. The highest BCUT2D eigenvalue weighted by Gasteiger charge is 2.24. The summed E-state index contributed by atoms with van der Waals surface area (Å²) in [6, 6.07) is 4.23. The third-order valence-corrected chi connectivity index (χ3v) is 3.71. The lowest BCUT2D eigenvalue weighted by Gasteiger charge is -2.32. The summed E-state index contributed by atoms with van der Waals surface area (Å²) >= 11 is 0. The number of urea groups is 1. The van der Waals surface area contributed by atoms with Gasteiger partial charge in [0.25, 0.3) is 0 Å². The molecule has 0 aliphatic carbocycles. The zero-order valence-electron chi connectivity index (χ0n) is 12.1. The van der Waals surface area contributed by atoms with Crippen molar-refractivity contribution in [1.82, 2.24) is 4.90 Å². The summed E-state index contributed by atoms with van der Waals surface area (Å²) in [6.07, 6.45) is 2.07. The second-order valence-corrected chi connectivity index (χ2v) is 5.52. The zero-order valence-corrected chi connectivity index (χ0v) is 12.1. The minimum atomic E-state index is -0.337. The Hall–Kier alpha value is -2.11. The molecule has 1 heterocycles. The molecule has 1 aliphatic heterocycles. The lowest BCUT2D eigenvalue weighted by molar-refractivity contribution is -0.119. The summed E-state index contributed by atoms with van der Waals surface area (Å²) in [5, 5.41) is 2.76. The van der Waals surface area contributed by atoms with Crippen LogP contribution < -0.4 is 11.1 Å². The number of hydrogen-bond acceptors (Lipinski definition) is 2. The standard InChI is InChI=1S/C15H20FN3O2/c1-10-7-12(4-5-13(10)16)18-15(21)19-6-2-3-11(9-19)8-14(17)20/h4-5,7,11H,2-3,6,8-9H2,1H3,(H2,17,20)(H,18,21). The monoisotopic (exact) mass is 293 g/mol. The Morgan fingerprint density at radius 1 is 1.48 bits per heavy atom. The number of likely N-dealkylation sites (tertiary alicyclic amines) is 1. The molecule has 3 amide bonds. The molecule has 1 aromatic rings. The summed E-state index contributed by atoms with van der Waals surface area (Å²) < 4.78 is 13.2. The van der Waals surface area contributed by atoms with E-state index in [9.17, 15) is 14.0 Å². The first-order valence-corrected chi connectivity index (χ1v) is 7.06. The van der Waals surface area contributed by atoms with E-state index in [4.69, 9.17) is 5.73 Å². The van der Waals surface area contributed by atoms with Crippen molar-refractivity contribution in [2.24, 2.45) is 11.7 Å². The van der Waals surface area contributed by atoms with Crippen LogP contribution in [0.25, 0.3) is 0 Å². The predicted octanol–water partition coefficient (Wildman–Crippen LogP) is 2.25. The van der Waals surface area contributed by atoms with Gasteiger partial charge < -0.3 is 16.0 Å². The highest BCUT2D eigenvalue weighted by atomic mass is 19.1. The molecule has 1 fully saturated rings. The van der Waals surface area contributed by atoms with Crippen LogP contribution in [0.15, 0.2) is 18.2 Å². The number of nitrogens with zero attached hydrogens (tertiary/aromatic N) is 1. The molecule has 6 heteroatoms. The van der Waals surface area contributed by atoms with Gasteiger partial charge in [-0.25, -0.2) is 9.18 Å². The van der Waals surface area contributed by atoms with Crippen LogP contribution in [0.1, 0.15) is 24.8 Å². The van der Waals surface area contributed by atoms with E-state index in [2.05, 4.69) is 5.32 Å². The molecule has 0 spiro atoms. The number of piperidine rings is 1. The van der Waals surface area contributed by atoms with Crippen molar-refractivity contribution >= 4 is 17.6 Å². The summed E-state index contributed by atoms with van der Waals surface area (Å²) in [4.78, 5) is 24.8. The Balaban J connectivity index is 1.96. The van der Waals surface area contributed by atoms with E-state index in [-0.39, 0.29) is 23.7 Å². The SMILES string of the molecule is Cc1cc(NC(=O)N2CCCC(CC(N)=O)C2)ccc1F. The number of anilines is 1. The summed E-state index contributed by atoms with van der Waals surface area (Å²) in [7, 11) is 0. The average Bonchev–Trinajstić information content (AvgIpc) is 2.42. The molecule has 0 bridgehead atoms. The van der Waals surface area contributed by atoms with Crippen molar-refractivity contribution < 1.29 is 14.0 Å². The fraction of sp³-hybridized carbons (Fsp3) is 0.467. The number of primary amides is 1. The van der Waals surface area contributed by atoms with Crippen molar-refractivity contribution in [2.75, 3.05) is 18.4 Å². The number of nitrogens with two attached hydrogens (primary N) is 1. The van der Waals surface area contributed by atoms with E-state index in [0.29, 0.717) is 30.8 Å². The lowest BCUT2D eigenvalue weighted by atomic mass is 9.95. The lowest BCUT2D eigenvalue weighted by Crippen LogP contribution is -2.43. The second kappa shape index (κ2) is 6.56. The number of amides is 3. The van der Waals surface area contributed by atoms with Crippen molar-refractivity contribution in [1.29, 1.82) is 0 Å². The molecule has 3 N–H and O–H groups in total. The molecule has 0 aromatic heterocycles. The van der Waals surface area contributed by atoms with Crippen molar-refractivity contribution in [3.63, 3.8) is 0 Å². The molecule has 1 unspecified atom stereocenters. The quantitative estimate of drug-likeness (QED) is 0.897. The Morgan fingerprint density at radius 2 is 2.24 bits per heavy atom. The fourth-order valence-corrected chi connectivity index (χ4v) is 2.63. The maximum atomic E-state index is 13.2. The molecule has 21 heavy (non-hydrogen) atoms. The van der Waals surface area contributed by atoms with Gasteiger partial charge in [-0.3, -0.25) is 4.79 Å². The van der Waals surface area contributed by atoms with Crippen LogP contribution in [-0.2, 0) is 4.79 Å². The first kappa shape index (κ1) is 15.3. The number of carbonyl (C=O) groups excluding carboxylic acids is 2.